The van der Waals surface area contributed by atoms with Crippen LogP contribution in [0, 0.1) is 0 Å². The van der Waals surface area contributed by atoms with Crippen molar-refractivity contribution in [2.24, 2.45) is 0 Å². The van der Waals surface area contributed by atoms with Gasteiger partial charge in [-0.15, -0.1) is 11.8 Å². The summed E-state index contributed by atoms with van der Waals surface area (Å²) >= 11 is 1.28. The van der Waals surface area contributed by atoms with Gasteiger partial charge in [0.1, 0.15) is 4.75 Å². The van der Waals surface area contributed by atoms with Crippen molar-refractivity contribution in [1.82, 2.24) is 0 Å². The molecule has 0 unspecified atom stereocenters. The van der Waals surface area contributed by atoms with Crippen LogP contribution < -0.4 is 0 Å². The summed E-state index contributed by atoms with van der Waals surface area (Å²) in [7, 11) is 0. The first-order chi connectivity index (χ1) is 8.86. The number of carboxylic acids is 1. The number of aliphatic carboxylic acids is 1. The quantitative estimate of drug-likeness (QED) is 0.605. The van der Waals surface area contributed by atoms with E-state index in [4.69, 9.17) is 5.11 Å². The van der Waals surface area contributed by atoms with Crippen molar-refractivity contribution >= 4 is 23.5 Å². The van der Waals surface area contributed by atoms with Crippen LogP contribution in [0.3, 0.4) is 0 Å². The van der Waals surface area contributed by atoms with Crippen LogP contribution in [-0.2, 0) is 4.79 Å². The molecule has 0 aromatic heterocycles. The van der Waals surface area contributed by atoms with Gasteiger partial charge in [0.25, 0.3) is 0 Å². The lowest BCUT2D eigenvalue weighted by molar-refractivity contribution is -0.138. The number of rotatable bonds is 7. The van der Waals surface area contributed by atoms with Crippen molar-refractivity contribution in [1.29, 1.82) is 0 Å². The fourth-order valence-electron chi connectivity index (χ4n) is 1.53. The van der Waals surface area contributed by atoms with Gasteiger partial charge in [-0.25, -0.2) is 0 Å². The van der Waals surface area contributed by atoms with Gasteiger partial charge in [-0.05, 0) is 32.4 Å². The molecule has 0 saturated heterocycles. The Morgan fingerprint density at radius 2 is 1.79 bits per heavy atom. The molecule has 19 heavy (non-hydrogen) atoms. The average molecular weight is 280 g/mol. The molecule has 1 rings (SSSR count). The average Bonchev–Trinajstić information content (AvgIpc) is 2.36. The Balaban J connectivity index is 2.71. The summed E-state index contributed by atoms with van der Waals surface area (Å²) in [5.74, 6) is -0.698. The van der Waals surface area contributed by atoms with E-state index in [1.807, 2.05) is 12.1 Å². The second kappa shape index (κ2) is 6.75. The van der Waals surface area contributed by atoms with E-state index in [9.17, 15) is 9.59 Å². The lowest BCUT2D eigenvalue weighted by Gasteiger charge is -2.18. The second-order valence-corrected chi connectivity index (χ2v) is 6.66. The maximum atomic E-state index is 11.8. The van der Waals surface area contributed by atoms with Crippen LogP contribution in [0.25, 0.3) is 0 Å². The van der Waals surface area contributed by atoms with Crippen molar-refractivity contribution in [3.8, 4) is 0 Å². The van der Waals surface area contributed by atoms with Gasteiger partial charge < -0.3 is 5.11 Å². The minimum Gasteiger partial charge on any atom is -0.480 e. The van der Waals surface area contributed by atoms with E-state index in [2.05, 4.69) is 6.92 Å². The number of carbonyl (C=O) groups excluding carboxylic acids is 1. The third kappa shape index (κ3) is 4.71. The molecular formula is C15H20O3S. The van der Waals surface area contributed by atoms with E-state index < -0.39 is 10.7 Å². The summed E-state index contributed by atoms with van der Waals surface area (Å²) in [6.07, 6.45) is 2.48. The molecule has 0 atom stereocenters. The van der Waals surface area contributed by atoms with E-state index in [0.29, 0.717) is 12.0 Å². The molecule has 0 saturated carbocycles. The van der Waals surface area contributed by atoms with E-state index in [0.717, 1.165) is 17.7 Å². The van der Waals surface area contributed by atoms with Crippen molar-refractivity contribution in [2.75, 3.05) is 0 Å². The number of carboxylic acid groups (broad SMARTS) is 1. The summed E-state index contributed by atoms with van der Waals surface area (Å²) < 4.78 is -0.867. The van der Waals surface area contributed by atoms with Crippen LogP contribution in [0.2, 0.25) is 0 Å². The number of hydrogen-bond acceptors (Lipinski definition) is 3. The van der Waals surface area contributed by atoms with Gasteiger partial charge >= 0.3 is 5.97 Å². The van der Waals surface area contributed by atoms with Crippen molar-refractivity contribution < 1.29 is 14.7 Å². The Kier molecular flexibility index (Phi) is 5.60. The van der Waals surface area contributed by atoms with Crippen LogP contribution in [-0.4, -0.2) is 21.6 Å². The SMILES string of the molecule is CCCCC(=O)c1ccc(SC(C)(C)C(=O)O)cc1. The highest BCUT2D eigenvalue weighted by atomic mass is 32.2. The maximum absolute atomic E-state index is 11.8. The Hall–Kier alpha value is -1.29. The number of unbranched alkanes of at least 4 members (excludes halogenated alkanes) is 1. The van der Waals surface area contributed by atoms with Gasteiger partial charge in [0.2, 0.25) is 0 Å². The van der Waals surface area contributed by atoms with Crippen LogP contribution in [0.1, 0.15) is 50.4 Å². The highest BCUT2D eigenvalue weighted by Crippen LogP contribution is 2.32. The minimum absolute atomic E-state index is 0.149. The van der Waals surface area contributed by atoms with E-state index in [1.54, 1.807) is 26.0 Å². The Labute approximate surface area is 118 Å². The molecule has 104 valence electrons. The first kappa shape index (κ1) is 15.8. The molecule has 3 nitrogen and oxygen atoms in total. The summed E-state index contributed by atoms with van der Waals surface area (Å²) in [6.45, 7) is 5.39. The Morgan fingerprint density at radius 1 is 1.21 bits per heavy atom. The molecule has 4 heteroatoms. The normalized spacial score (nSPS) is 11.3. The van der Waals surface area contributed by atoms with Gasteiger partial charge in [0, 0.05) is 16.9 Å². The zero-order valence-electron chi connectivity index (χ0n) is 11.6. The summed E-state index contributed by atoms with van der Waals surface area (Å²) in [5, 5.41) is 9.07. The zero-order valence-corrected chi connectivity index (χ0v) is 12.4. The van der Waals surface area contributed by atoms with Crippen LogP contribution >= 0.6 is 11.8 Å². The highest BCUT2D eigenvalue weighted by molar-refractivity contribution is 8.01. The largest absolute Gasteiger partial charge is 0.480 e. The van der Waals surface area contributed by atoms with Crippen LogP contribution in [0.5, 0.6) is 0 Å². The molecule has 0 bridgehead atoms. The lowest BCUT2D eigenvalue weighted by atomic mass is 10.1. The topological polar surface area (TPSA) is 54.4 Å². The molecule has 1 aromatic carbocycles. The monoisotopic (exact) mass is 280 g/mol. The Bertz CT molecular complexity index is 449. The molecule has 0 aliphatic heterocycles. The fraction of sp³-hybridized carbons (Fsp3) is 0.467. The molecule has 0 amide bonds. The van der Waals surface area contributed by atoms with Gasteiger partial charge in [-0.3, -0.25) is 9.59 Å². The first-order valence-electron chi connectivity index (χ1n) is 6.42. The minimum atomic E-state index is -0.867. The number of carbonyl (C=O) groups is 2. The lowest BCUT2D eigenvalue weighted by Crippen LogP contribution is -2.26. The van der Waals surface area contributed by atoms with Gasteiger partial charge in [-0.1, -0.05) is 25.5 Å². The molecule has 1 N–H and O–H groups in total. The number of benzene rings is 1. The molecule has 0 aliphatic carbocycles. The number of hydrogen-bond donors (Lipinski definition) is 1. The number of thioether (sulfide) groups is 1. The first-order valence-corrected chi connectivity index (χ1v) is 7.24. The van der Waals surface area contributed by atoms with Crippen molar-refractivity contribution in [3.63, 3.8) is 0 Å². The summed E-state index contributed by atoms with van der Waals surface area (Å²) in [5.41, 5.74) is 0.700. The Morgan fingerprint density at radius 3 is 2.26 bits per heavy atom. The van der Waals surface area contributed by atoms with Crippen LogP contribution in [0.15, 0.2) is 29.2 Å². The summed E-state index contributed by atoms with van der Waals surface area (Å²) in [6, 6.07) is 7.18. The fourth-order valence-corrected chi connectivity index (χ4v) is 2.48. The zero-order chi connectivity index (χ0) is 14.5. The number of ketones is 1. The molecule has 1 aromatic rings. The van der Waals surface area contributed by atoms with Crippen molar-refractivity contribution in [3.05, 3.63) is 29.8 Å². The summed E-state index contributed by atoms with van der Waals surface area (Å²) in [4.78, 5) is 23.7. The van der Waals surface area contributed by atoms with Crippen LogP contribution in [0.4, 0.5) is 0 Å². The molecule has 0 heterocycles. The van der Waals surface area contributed by atoms with Gasteiger partial charge in [0.05, 0.1) is 0 Å². The molecule has 0 aliphatic rings. The third-order valence-corrected chi connectivity index (χ3v) is 4.01. The molecular weight excluding hydrogens is 260 g/mol. The van der Waals surface area contributed by atoms with Gasteiger partial charge in [0.15, 0.2) is 5.78 Å². The molecule has 0 spiro atoms. The van der Waals surface area contributed by atoms with E-state index in [-0.39, 0.29) is 5.78 Å². The molecule has 0 fully saturated rings. The van der Waals surface area contributed by atoms with Crippen molar-refractivity contribution in [2.45, 2.75) is 49.7 Å². The predicted octanol–water partition coefficient (Wildman–Crippen LogP) is 4.01. The maximum Gasteiger partial charge on any atom is 0.319 e. The highest BCUT2D eigenvalue weighted by Gasteiger charge is 2.28. The van der Waals surface area contributed by atoms with Gasteiger partial charge in [-0.2, -0.15) is 0 Å². The third-order valence-electron chi connectivity index (χ3n) is 2.82. The molecule has 0 radical (unpaired) electrons. The standard InChI is InChI=1S/C15H20O3S/c1-4-5-6-13(16)11-7-9-12(10-8-11)19-15(2,3)14(17)18/h7-10H,4-6H2,1-3H3,(H,17,18). The predicted molar refractivity (Wildman–Crippen MR) is 77.9 cm³/mol. The van der Waals surface area contributed by atoms with E-state index in [1.165, 1.54) is 11.8 Å². The second-order valence-electron chi connectivity index (χ2n) is 4.97. The smallest absolute Gasteiger partial charge is 0.319 e. The van der Waals surface area contributed by atoms with E-state index >= 15 is 0 Å². The number of Topliss-reactive ketones (excluding diaryl/α,β-unsaturated/α-hetero) is 1.